The van der Waals surface area contributed by atoms with Gasteiger partial charge in [0.25, 0.3) is 5.91 Å². The molecule has 3 aliphatic rings. The maximum Gasteiger partial charge on any atom is 0.410 e. The van der Waals surface area contributed by atoms with E-state index in [0.29, 0.717) is 43.8 Å². The molecule has 1 aliphatic heterocycles. The number of anilines is 2. The second kappa shape index (κ2) is 10.9. The molecule has 2 N–H and O–H groups in total. The third kappa shape index (κ3) is 6.57. The first-order valence-electron chi connectivity index (χ1n) is 13.2. The van der Waals surface area contributed by atoms with Crippen LogP contribution in [0.5, 0.6) is 0 Å². The van der Waals surface area contributed by atoms with Crippen LogP contribution < -0.4 is 10.6 Å². The zero-order chi connectivity index (χ0) is 24.1. The highest BCUT2D eigenvalue weighted by Gasteiger charge is 2.28. The molecule has 0 bridgehead atoms. The van der Waals surface area contributed by atoms with Gasteiger partial charge in [-0.1, -0.05) is 32.1 Å². The van der Waals surface area contributed by atoms with Crippen LogP contribution in [-0.2, 0) is 4.74 Å². The van der Waals surface area contributed by atoms with Gasteiger partial charge >= 0.3 is 6.09 Å². The fraction of sp³-hybridized carbons (Fsp3) is 0.704. The number of rotatable bonds is 5. The number of hydrogen-bond acceptors (Lipinski definition) is 5. The van der Waals surface area contributed by atoms with E-state index in [-0.39, 0.29) is 12.0 Å². The Hall–Kier alpha value is -2.44. The Morgan fingerprint density at radius 1 is 0.794 bits per heavy atom. The van der Waals surface area contributed by atoms with Gasteiger partial charge in [-0.3, -0.25) is 4.79 Å². The predicted octanol–water partition coefficient (Wildman–Crippen LogP) is 5.48. The molecular weight excluding hydrogens is 428 g/mol. The van der Waals surface area contributed by atoms with Crippen molar-refractivity contribution in [2.75, 3.05) is 36.8 Å². The van der Waals surface area contributed by atoms with Gasteiger partial charge in [-0.25, -0.2) is 4.79 Å². The van der Waals surface area contributed by atoms with Gasteiger partial charge in [0.05, 0.1) is 11.4 Å². The van der Waals surface area contributed by atoms with Crippen molar-refractivity contribution in [1.82, 2.24) is 9.80 Å². The van der Waals surface area contributed by atoms with Crippen molar-refractivity contribution >= 4 is 23.4 Å². The Bertz CT molecular complexity index is 846. The first-order valence-corrected chi connectivity index (χ1v) is 13.2. The molecule has 0 radical (unpaired) electrons. The summed E-state index contributed by atoms with van der Waals surface area (Å²) < 4.78 is 5.48. The molecule has 1 saturated heterocycles. The summed E-state index contributed by atoms with van der Waals surface area (Å²) in [5.74, 6) is 0.0301. The van der Waals surface area contributed by atoms with Crippen LogP contribution in [0.25, 0.3) is 0 Å². The van der Waals surface area contributed by atoms with E-state index in [4.69, 9.17) is 4.74 Å². The van der Waals surface area contributed by atoms with Crippen LogP contribution in [0.3, 0.4) is 0 Å². The van der Waals surface area contributed by atoms with E-state index in [1.807, 2.05) is 37.8 Å². The average molecular weight is 471 g/mol. The normalized spacial score (nSPS) is 20.3. The molecule has 0 spiro atoms. The van der Waals surface area contributed by atoms with E-state index in [1.54, 1.807) is 4.90 Å². The van der Waals surface area contributed by atoms with Crippen molar-refractivity contribution in [3.8, 4) is 0 Å². The van der Waals surface area contributed by atoms with Crippen LogP contribution in [-0.4, -0.2) is 65.7 Å². The van der Waals surface area contributed by atoms with Crippen LogP contribution in [0.1, 0.15) is 88.9 Å². The van der Waals surface area contributed by atoms with E-state index in [2.05, 4.69) is 16.7 Å². The van der Waals surface area contributed by atoms with Crippen LogP contribution >= 0.6 is 0 Å². The number of benzene rings is 1. The summed E-state index contributed by atoms with van der Waals surface area (Å²) in [5, 5.41) is 7.50. The molecule has 188 valence electrons. The molecule has 7 heteroatoms. The second-order valence-electron chi connectivity index (χ2n) is 11.1. The number of nitrogens with zero attached hydrogens (tertiary/aromatic N) is 2. The summed E-state index contributed by atoms with van der Waals surface area (Å²) in [6.07, 6.45) is 10.9. The molecule has 0 aromatic heterocycles. The Kier molecular flexibility index (Phi) is 7.89. The Labute approximate surface area is 204 Å². The Morgan fingerprint density at radius 3 is 1.91 bits per heavy atom. The number of nitrogens with one attached hydrogen (secondary N) is 2. The molecule has 4 rings (SSSR count). The minimum Gasteiger partial charge on any atom is -0.444 e. The number of hydrogen-bond donors (Lipinski definition) is 2. The minimum atomic E-state index is -0.514. The zero-order valence-corrected chi connectivity index (χ0v) is 21.2. The number of carbonyl (C=O) groups excluding carboxylic acids is 2. The summed E-state index contributed by atoms with van der Waals surface area (Å²) in [6, 6.07) is 7.06. The zero-order valence-electron chi connectivity index (χ0n) is 21.2. The SMILES string of the molecule is CC(C)(C)OC(=O)N1CCN(C(=O)c2ccc(NC3CCCCC3)c(NC3CCCC3)c2)CC1. The molecule has 0 atom stereocenters. The molecule has 34 heavy (non-hydrogen) atoms. The lowest BCUT2D eigenvalue weighted by Crippen LogP contribution is -2.51. The largest absolute Gasteiger partial charge is 0.444 e. The number of amides is 2. The summed E-state index contributed by atoms with van der Waals surface area (Å²) in [4.78, 5) is 29.2. The molecule has 1 heterocycles. The van der Waals surface area contributed by atoms with E-state index in [9.17, 15) is 9.59 Å². The van der Waals surface area contributed by atoms with Gasteiger partial charge in [0.1, 0.15) is 5.60 Å². The van der Waals surface area contributed by atoms with E-state index < -0.39 is 5.60 Å². The smallest absolute Gasteiger partial charge is 0.410 e. The van der Waals surface area contributed by atoms with Gasteiger partial charge in [-0.15, -0.1) is 0 Å². The quantitative estimate of drug-likeness (QED) is 0.596. The van der Waals surface area contributed by atoms with Gasteiger partial charge in [-0.2, -0.15) is 0 Å². The van der Waals surface area contributed by atoms with Crippen molar-refractivity contribution in [2.24, 2.45) is 0 Å². The summed E-state index contributed by atoms with van der Waals surface area (Å²) in [6.45, 7) is 7.64. The molecule has 3 fully saturated rings. The second-order valence-corrected chi connectivity index (χ2v) is 11.1. The Morgan fingerprint density at radius 2 is 1.32 bits per heavy atom. The van der Waals surface area contributed by atoms with Crippen molar-refractivity contribution in [1.29, 1.82) is 0 Å². The maximum absolute atomic E-state index is 13.3. The molecule has 7 nitrogen and oxygen atoms in total. The first kappa shape index (κ1) is 24.7. The molecule has 2 aliphatic carbocycles. The highest BCUT2D eigenvalue weighted by molar-refractivity contribution is 5.96. The van der Waals surface area contributed by atoms with Gasteiger partial charge in [-0.05, 0) is 64.7 Å². The van der Waals surface area contributed by atoms with Crippen molar-refractivity contribution < 1.29 is 14.3 Å². The fourth-order valence-electron chi connectivity index (χ4n) is 5.28. The Balaban J connectivity index is 1.42. The highest BCUT2D eigenvalue weighted by Crippen LogP contribution is 2.31. The van der Waals surface area contributed by atoms with Crippen LogP contribution in [0.15, 0.2) is 18.2 Å². The van der Waals surface area contributed by atoms with Crippen molar-refractivity contribution in [2.45, 2.75) is 96.2 Å². The van der Waals surface area contributed by atoms with Crippen molar-refractivity contribution in [3.63, 3.8) is 0 Å². The monoisotopic (exact) mass is 470 g/mol. The fourth-order valence-corrected chi connectivity index (χ4v) is 5.28. The topological polar surface area (TPSA) is 73.9 Å². The number of piperazine rings is 1. The van der Waals surface area contributed by atoms with Crippen molar-refractivity contribution in [3.05, 3.63) is 23.8 Å². The molecule has 1 aromatic carbocycles. The first-order chi connectivity index (χ1) is 16.3. The van der Waals surface area contributed by atoms with Gasteiger partial charge in [0, 0.05) is 43.8 Å². The standard InChI is InChI=1S/C27H42N4O3/c1-27(2,3)34-26(33)31-17-15-30(16-18-31)25(32)20-13-14-23(28-21-9-5-4-6-10-21)24(19-20)29-22-11-7-8-12-22/h13-14,19,21-22,28-29H,4-12,15-18H2,1-3H3. The minimum absolute atomic E-state index is 0.0301. The summed E-state index contributed by atoms with van der Waals surface area (Å²) in [5.41, 5.74) is 2.36. The molecule has 1 aromatic rings. The van der Waals surface area contributed by atoms with Gasteiger partial charge in [0.2, 0.25) is 0 Å². The molecular formula is C27H42N4O3. The van der Waals surface area contributed by atoms with Gasteiger partial charge in [0.15, 0.2) is 0 Å². The van der Waals surface area contributed by atoms with E-state index in [1.165, 1.54) is 57.8 Å². The summed E-state index contributed by atoms with van der Waals surface area (Å²) >= 11 is 0. The van der Waals surface area contributed by atoms with Gasteiger partial charge < -0.3 is 25.2 Å². The highest BCUT2D eigenvalue weighted by atomic mass is 16.6. The van der Waals surface area contributed by atoms with Crippen LogP contribution in [0.4, 0.5) is 16.2 Å². The lowest BCUT2D eigenvalue weighted by molar-refractivity contribution is 0.0141. The van der Waals surface area contributed by atoms with E-state index in [0.717, 1.165) is 11.4 Å². The molecule has 2 amide bonds. The third-order valence-electron chi connectivity index (χ3n) is 7.16. The molecule has 2 saturated carbocycles. The average Bonchev–Trinajstić information content (AvgIpc) is 3.32. The lowest BCUT2D eigenvalue weighted by Gasteiger charge is -2.35. The van der Waals surface area contributed by atoms with Crippen LogP contribution in [0.2, 0.25) is 0 Å². The number of ether oxygens (including phenoxy) is 1. The third-order valence-corrected chi connectivity index (χ3v) is 7.16. The number of carbonyl (C=O) groups is 2. The predicted molar refractivity (Wildman–Crippen MR) is 137 cm³/mol. The lowest BCUT2D eigenvalue weighted by atomic mass is 9.95. The van der Waals surface area contributed by atoms with Crippen LogP contribution in [0, 0.1) is 0 Å². The summed E-state index contributed by atoms with van der Waals surface area (Å²) in [7, 11) is 0. The molecule has 0 unspecified atom stereocenters. The van der Waals surface area contributed by atoms with E-state index >= 15 is 0 Å². The maximum atomic E-state index is 13.3.